The van der Waals surface area contributed by atoms with Crippen molar-refractivity contribution in [3.05, 3.63) is 22.2 Å². The van der Waals surface area contributed by atoms with Crippen LogP contribution in [0.1, 0.15) is 24.6 Å². The maximum Gasteiger partial charge on any atom is 0.512 e. The SMILES string of the molecule is O=C(O)Oc1cc(=O)[nH]c(C2CC2)n1. The van der Waals surface area contributed by atoms with E-state index in [1.54, 1.807) is 0 Å². The molecule has 1 aromatic rings. The minimum Gasteiger partial charge on any atom is -0.449 e. The number of hydrogen-bond acceptors (Lipinski definition) is 4. The molecule has 0 aromatic carbocycles. The van der Waals surface area contributed by atoms with E-state index in [2.05, 4.69) is 14.7 Å². The zero-order valence-corrected chi connectivity index (χ0v) is 7.19. The van der Waals surface area contributed by atoms with E-state index in [0.717, 1.165) is 18.9 Å². The van der Waals surface area contributed by atoms with Crippen molar-refractivity contribution in [2.24, 2.45) is 0 Å². The zero-order valence-electron chi connectivity index (χ0n) is 7.19. The lowest BCUT2D eigenvalue weighted by Gasteiger charge is -2.00. The van der Waals surface area contributed by atoms with Gasteiger partial charge < -0.3 is 14.8 Å². The normalized spacial score (nSPS) is 15.1. The van der Waals surface area contributed by atoms with Gasteiger partial charge in [-0.05, 0) is 12.8 Å². The van der Waals surface area contributed by atoms with E-state index in [1.807, 2.05) is 0 Å². The average molecular weight is 196 g/mol. The standard InChI is InChI=1S/C8H8N2O4/c11-5-3-6(14-8(12)13)10-7(9-5)4-1-2-4/h3-4H,1-2H2,(H,12,13)(H,9,10,11). The van der Waals surface area contributed by atoms with Gasteiger partial charge in [0.05, 0.1) is 6.07 Å². The van der Waals surface area contributed by atoms with Crippen molar-refractivity contribution in [2.45, 2.75) is 18.8 Å². The molecule has 1 aliphatic rings. The molecule has 0 amide bonds. The lowest BCUT2D eigenvalue weighted by Crippen LogP contribution is -2.13. The van der Waals surface area contributed by atoms with Gasteiger partial charge in [-0.1, -0.05) is 0 Å². The van der Waals surface area contributed by atoms with Crippen LogP contribution in [0.2, 0.25) is 0 Å². The van der Waals surface area contributed by atoms with Crippen molar-refractivity contribution in [2.75, 3.05) is 0 Å². The van der Waals surface area contributed by atoms with Crippen LogP contribution >= 0.6 is 0 Å². The van der Waals surface area contributed by atoms with Gasteiger partial charge in [0, 0.05) is 5.92 Å². The molecule has 1 aliphatic carbocycles. The largest absolute Gasteiger partial charge is 0.512 e. The van der Waals surface area contributed by atoms with Gasteiger partial charge in [-0.15, -0.1) is 0 Å². The molecule has 1 fully saturated rings. The van der Waals surface area contributed by atoms with E-state index in [9.17, 15) is 9.59 Å². The lowest BCUT2D eigenvalue weighted by molar-refractivity contribution is 0.142. The number of hydrogen-bond donors (Lipinski definition) is 2. The summed E-state index contributed by atoms with van der Waals surface area (Å²) in [6.45, 7) is 0. The molecule has 1 heterocycles. The van der Waals surface area contributed by atoms with E-state index >= 15 is 0 Å². The predicted molar refractivity (Wildman–Crippen MR) is 45.5 cm³/mol. The molecule has 14 heavy (non-hydrogen) atoms. The molecule has 2 rings (SSSR count). The molecule has 0 atom stereocenters. The van der Waals surface area contributed by atoms with Crippen LogP contribution in [-0.2, 0) is 0 Å². The Morgan fingerprint density at radius 1 is 1.64 bits per heavy atom. The van der Waals surface area contributed by atoms with Crippen molar-refractivity contribution in [1.29, 1.82) is 0 Å². The Labute approximate surface area is 78.6 Å². The Balaban J connectivity index is 2.31. The van der Waals surface area contributed by atoms with Gasteiger partial charge >= 0.3 is 6.16 Å². The minimum absolute atomic E-state index is 0.164. The van der Waals surface area contributed by atoms with Gasteiger partial charge in [-0.2, -0.15) is 4.98 Å². The van der Waals surface area contributed by atoms with Crippen LogP contribution in [0.5, 0.6) is 5.88 Å². The van der Waals surface area contributed by atoms with Crippen molar-refractivity contribution >= 4 is 6.16 Å². The Hall–Kier alpha value is -1.85. The fourth-order valence-electron chi connectivity index (χ4n) is 1.15. The number of nitrogens with zero attached hydrogens (tertiary/aromatic N) is 1. The highest BCUT2D eigenvalue weighted by atomic mass is 16.7. The van der Waals surface area contributed by atoms with E-state index in [1.165, 1.54) is 0 Å². The molecule has 74 valence electrons. The number of rotatable bonds is 2. The van der Waals surface area contributed by atoms with Gasteiger partial charge in [0.25, 0.3) is 5.56 Å². The molecule has 1 aromatic heterocycles. The lowest BCUT2D eigenvalue weighted by atomic mass is 10.4. The molecule has 0 aliphatic heterocycles. The third-order valence-electron chi connectivity index (χ3n) is 1.89. The molecule has 6 heteroatoms. The topological polar surface area (TPSA) is 92.3 Å². The molecule has 0 saturated heterocycles. The van der Waals surface area contributed by atoms with Crippen LogP contribution in [-0.4, -0.2) is 21.2 Å². The third kappa shape index (κ3) is 1.90. The van der Waals surface area contributed by atoms with E-state index in [0.29, 0.717) is 5.82 Å². The monoisotopic (exact) mass is 196 g/mol. The van der Waals surface area contributed by atoms with Crippen LogP contribution in [0.3, 0.4) is 0 Å². The first-order chi connectivity index (χ1) is 6.65. The van der Waals surface area contributed by atoms with Crippen molar-refractivity contribution < 1.29 is 14.6 Å². The summed E-state index contributed by atoms with van der Waals surface area (Å²) in [7, 11) is 0. The molecule has 0 unspecified atom stereocenters. The van der Waals surface area contributed by atoms with Crippen LogP contribution < -0.4 is 10.3 Å². The molecule has 0 radical (unpaired) electrons. The maximum atomic E-state index is 11.1. The smallest absolute Gasteiger partial charge is 0.449 e. The Bertz CT molecular complexity index is 422. The number of carbonyl (C=O) groups is 1. The molecule has 2 N–H and O–H groups in total. The quantitative estimate of drug-likeness (QED) is 0.679. The number of H-pyrrole nitrogens is 1. The molecule has 6 nitrogen and oxygen atoms in total. The summed E-state index contributed by atoms with van der Waals surface area (Å²) in [6.07, 6.45) is 0.476. The van der Waals surface area contributed by atoms with Crippen LogP contribution in [0.15, 0.2) is 10.9 Å². The molecule has 0 bridgehead atoms. The maximum absolute atomic E-state index is 11.1. The highest BCUT2D eigenvalue weighted by molar-refractivity contribution is 5.60. The summed E-state index contributed by atoms with van der Waals surface area (Å²) >= 11 is 0. The fourth-order valence-corrected chi connectivity index (χ4v) is 1.15. The van der Waals surface area contributed by atoms with Crippen LogP contribution in [0.4, 0.5) is 4.79 Å². The Morgan fingerprint density at radius 2 is 2.36 bits per heavy atom. The first-order valence-electron chi connectivity index (χ1n) is 4.17. The van der Waals surface area contributed by atoms with Crippen molar-refractivity contribution in [1.82, 2.24) is 9.97 Å². The Morgan fingerprint density at radius 3 is 2.93 bits per heavy atom. The van der Waals surface area contributed by atoms with Crippen LogP contribution in [0.25, 0.3) is 0 Å². The summed E-state index contributed by atoms with van der Waals surface area (Å²) in [5.41, 5.74) is -0.391. The summed E-state index contributed by atoms with van der Waals surface area (Å²) in [5.74, 6) is 0.594. The van der Waals surface area contributed by atoms with E-state index in [-0.39, 0.29) is 11.8 Å². The van der Waals surface area contributed by atoms with Gasteiger partial charge in [-0.3, -0.25) is 4.79 Å². The summed E-state index contributed by atoms with van der Waals surface area (Å²) < 4.78 is 4.30. The molecular weight excluding hydrogens is 188 g/mol. The fraction of sp³-hybridized carbons (Fsp3) is 0.375. The van der Waals surface area contributed by atoms with Gasteiger partial charge in [0.1, 0.15) is 5.82 Å². The second kappa shape index (κ2) is 3.13. The van der Waals surface area contributed by atoms with Gasteiger partial charge in [0.15, 0.2) is 0 Å². The molecule has 1 saturated carbocycles. The second-order valence-electron chi connectivity index (χ2n) is 3.11. The van der Waals surface area contributed by atoms with Gasteiger partial charge in [-0.25, -0.2) is 4.79 Å². The Kier molecular flexibility index (Phi) is 1.95. The van der Waals surface area contributed by atoms with Crippen molar-refractivity contribution in [3.8, 4) is 5.88 Å². The number of aromatic nitrogens is 2. The molecular formula is C8H8N2O4. The average Bonchev–Trinajstić information content (AvgIpc) is 2.82. The first-order valence-corrected chi connectivity index (χ1v) is 4.17. The number of aromatic amines is 1. The second-order valence-corrected chi connectivity index (χ2v) is 3.11. The number of ether oxygens (including phenoxy) is 1. The number of carboxylic acid groups (broad SMARTS) is 1. The summed E-state index contributed by atoms with van der Waals surface area (Å²) in [4.78, 5) is 27.7. The third-order valence-corrected chi connectivity index (χ3v) is 1.89. The van der Waals surface area contributed by atoms with E-state index in [4.69, 9.17) is 5.11 Å². The number of nitrogens with one attached hydrogen (secondary N) is 1. The van der Waals surface area contributed by atoms with Gasteiger partial charge in [0.2, 0.25) is 5.88 Å². The highest BCUT2D eigenvalue weighted by Gasteiger charge is 2.26. The summed E-state index contributed by atoms with van der Waals surface area (Å²) in [6, 6.07) is 1.01. The predicted octanol–water partition coefficient (Wildman–Crippen LogP) is 0.704. The zero-order chi connectivity index (χ0) is 10.1. The molecule has 0 spiro atoms. The summed E-state index contributed by atoms with van der Waals surface area (Å²) in [5, 5.41) is 8.33. The van der Waals surface area contributed by atoms with Crippen molar-refractivity contribution in [3.63, 3.8) is 0 Å². The first kappa shape index (κ1) is 8.74. The minimum atomic E-state index is -1.47. The van der Waals surface area contributed by atoms with Crippen LogP contribution in [0, 0.1) is 0 Å². The van der Waals surface area contributed by atoms with E-state index < -0.39 is 11.7 Å². The highest BCUT2D eigenvalue weighted by Crippen LogP contribution is 2.37.